The minimum absolute atomic E-state index is 0.0146. The molecule has 160 valence electrons. The smallest absolute Gasteiger partial charge is 0.397 e. The van der Waals surface area contributed by atoms with Crippen LogP contribution in [0.1, 0.15) is 24.8 Å². The topological polar surface area (TPSA) is 66.5 Å². The number of rotatable bonds is 4. The first kappa shape index (κ1) is 20.6. The zero-order valence-electron chi connectivity index (χ0n) is 15.9. The maximum Gasteiger partial charge on any atom is 0.397 e. The third-order valence-electron chi connectivity index (χ3n) is 5.57. The monoisotopic (exact) mass is 440 g/mol. The molecular formula is C20H20ClF3N4O2. The number of aromatic nitrogens is 1. The lowest BCUT2D eigenvalue weighted by atomic mass is 9.74. The zero-order chi connectivity index (χ0) is 21.4. The Balaban J connectivity index is 1.42. The maximum absolute atomic E-state index is 12.3. The number of carbonyl (C=O) groups excluding carboxylic acids is 1. The van der Waals surface area contributed by atoms with Crippen molar-refractivity contribution >= 4 is 29.0 Å². The number of fused-ring (bicyclic) bond motifs is 2. The van der Waals surface area contributed by atoms with Gasteiger partial charge in [-0.05, 0) is 25.0 Å². The van der Waals surface area contributed by atoms with Crippen molar-refractivity contribution in [3.63, 3.8) is 0 Å². The van der Waals surface area contributed by atoms with E-state index in [9.17, 15) is 18.0 Å². The van der Waals surface area contributed by atoms with Crippen molar-refractivity contribution in [3.05, 3.63) is 47.1 Å². The van der Waals surface area contributed by atoms with E-state index in [2.05, 4.69) is 21.4 Å². The molecule has 0 unspecified atom stereocenters. The van der Waals surface area contributed by atoms with Crippen LogP contribution in [0.15, 0.2) is 36.5 Å². The van der Waals surface area contributed by atoms with E-state index in [-0.39, 0.29) is 16.3 Å². The van der Waals surface area contributed by atoms with Crippen molar-refractivity contribution in [1.82, 2.24) is 10.4 Å². The van der Waals surface area contributed by atoms with Gasteiger partial charge in [-0.15, -0.1) is 0 Å². The summed E-state index contributed by atoms with van der Waals surface area (Å²) in [7, 11) is 0. The van der Waals surface area contributed by atoms with Crippen LogP contribution in [0.2, 0.25) is 5.02 Å². The number of ether oxygens (including phenoxy) is 1. The normalized spacial score (nSPS) is 17.4. The quantitative estimate of drug-likeness (QED) is 0.702. The summed E-state index contributed by atoms with van der Waals surface area (Å²) >= 11 is 6.43. The van der Waals surface area contributed by atoms with Crippen LogP contribution < -0.4 is 20.5 Å². The molecule has 4 rings (SSSR count). The summed E-state index contributed by atoms with van der Waals surface area (Å²) in [4.78, 5) is 17.5. The van der Waals surface area contributed by atoms with Gasteiger partial charge >= 0.3 is 6.18 Å². The highest BCUT2D eigenvalue weighted by molar-refractivity contribution is 6.35. The van der Waals surface area contributed by atoms with Crippen molar-refractivity contribution in [2.24, 2.45) is 0 Å². The SMILES string of the molecule is O=C(CC(F)(F)F)NNc1nccc(N2CCC3(CC2)COc2ccccc23)c1Cl. The summed E-state index contributed by atoms with van der Waals surface area (Å²) in [5, 5.41) is 0.240. The van der Waals surface area contributed by atoms with Gasteiger partial charge < -0.3 is 9.64 Å². The standard InChI is InChI=1S/C20H20ClF3N4O2/c21-17-14(5-8-25-18(17)27-26-16(29)11-20(22,23)24)28-9-6-19(7-10-28)12-30-15-4-2-1-3-13(15)19/h1-5,8H,6-7,9-12H2,(H,25,27)(H,26,29). The Kier molecular flexibility index (Phi) is 5.40. The highest BCUT2D eigenvalue weighted by Gasteiger charge is 2.43. The Hall–Kier alpha value is -2.68. The van der Waals surface area contributed by atoms with Crippen LogP contribution in [0.3, 0.4) is 0 Å². The number of piperidine rings is 1. The van der Waals surface area contributed by atoms with E-state index >= 15 is 0 Å². The number of nitrogens with one attached hydrogen (secondary N) is 2. The number of anilines is 2. The van der Waals surface area contributed by atoms with E-state index in [1.165, 1.54) is 11.8 Å². The van der Waals surface area contributed by atoms with Gasteiger partial charge in [0, 0.05) is 30.3 Å². The summed E-state index contributed by atoms with van der Waals surface area (Å²) in [5.41, 5.74) is 6.30. The van der Waals surface area contributed by atoms with Gasteiger partial charge in [-0.1, -0.05) is 29.8 Å². The van der Waals surface area contributed by atoms with Crippen LogP contribution in [0.25, 0.3) is 0 Å². The zero-order valence-corrected chi connectivity index (χ0v) is 16.7. The molecule has 1 aromatic heterocycles. The summed E-state index contributed by atoms with van der Waals surface area (Å²) in [6, 6.07) is 9.84. The molecule has 30 heavy (non-hydrogen) atoms. The van der Waals surface area contributed by atoms with Crippen molar-refractivity contribution in [1.29, 1.82) is 0 Å². The highest BCUT2D eigenvalue weighted by Crippen LogP contribution is 2.46. The van der Waals surface area contributed by atoms with E-state index in [0.717, 1.165) is 31.7 Å². The van der Waals surface area contributed by atoms with Gasteiger partial charge in [-0.3, -0.25) is 15.6 Å². The minimum Gasteiger partial charge on any atom is -0.492 e. The summed E-state index contributed by atoms with van der Waals surface area (Å²) in [6.07, 6.45) is -2.91. The lowest BCUT2D eigenvalue weighted by Crippen LogP contribution is -2.43. The van der Waals surface area contributed by atoms with Crippen LogP contribution >= 0.6 is 11.6 Å². The molecule has 0 bridgehead atoms. The molecule has 0 radical (unpaired) electrons. The molecule has 1 spiro atoms. The minimum atomic E-state index is -4.59. The average Bonchev–Trinajstić information content (AvgIpc) is 3.05. The molecule has 1 fully saturated rings. The number of pyridine rings is 1. The number of para-hydroxylation sites is 1. The fourth-order valence-corrected chi connectivity index (χ4v) is 4.31. The van der Waals surface area contributed by atoms with E-state index in [4.69, 9.17) is 16.3 Å². The largest absolute Gasteiger partial charge is 0.492 e. The van der Waals surface area contributed by atoms with Crippen molar-refractivity contribution in [2.45, 2.75) is 30.9 Å². The van der Waals surface area contributed by atoms with Crippen molar-refractivity contribution < 1.29 is 22.7 Å². The maximum atomic E-state index is 12.3. The van der Waals surface area contributed by atoms with E-state index in [1.54, 1.807) is 6.07 Å². The number of carbonyl (C=O) groups is 1. The number of benzene rings is 1. The molecular weight excluding hydrogens is 421 g/mol. The molecule has 0 atom stereocenters. The first-order valence-corrected chi connectivity index (χ1v) is 9.89. The number of alkyl halides is 3. The van der Waals surface area contributed by atoms with Crippen LogP contribution in [0.5, 0.6) is 5.75 Å². The number of hydrazine groups is 1. The Morgan fingerprint density at radius 2 is 1.97 bits per heavy atom. The number of amides is 1. The lowest BCUT2D eigenvalue weighted by Gasteiger charge is -2.40. The van der Waals surface area contributed by atoms with Gasteiger partial charge in [-0.2, -0.15) is 13.2 Å². The number of hydrogen-bond acceptors (Lipinski definition) is 5. The van der Waals surface area contributed by atoms with Gasteiger partial charge in [-0.25, -0.2) is 4.98 Å². The van der Waals surface area contributed by atoms with Gasteiger partial charge in [0.25, 0.3) is 0 Å². The molecule has 2 aliphatic heterocycles. The molecule has 1 aromatic carbocycles. The molecule has 1 amide bonds. The predicted molar refractivity (Wildman–Crippen MR) is 107 cm³/mol. The molecule has 10 heteroatoms. The van der Waals surface area contributed by atoms with E-state index in [0.29, 0.717) is 12.3 Å². The van der Waals surface area contributed by atoms with E-state index < -0.39 is 18.5 Å². The Bertz CT molecular complexity index is 946. The van der Waals surface area contributed by atoms with Crippen LogP contribution in [0.4, 0.5) is 24.7 Å². The van der Waals surface area contributed by atoms with Gasteiger partial charge in [0.2, 0.25) is 5.91 Å². The van der Waals surface area contributed by atoms with Crippen LogP contribution in [-0.2, 0) is 10.2 Å². The lowest BCUT2D eigenvalue weighted by molar-refractivity contribution is -0.153. The second kappa shape index (κ2) is 7.86. The third-order valence-corrected chi connectivity index (χ3v) is 5.95. The molecule has 6 nitrogen and oxygen atoms in total. The first-order chi connectivity index (χ1) is 14.3. The first-order valence-electron chi connectivity index (χ1n) is 9.51. The summed E-state index contributed by atoms with van der Waals surface area (Å²) < 4.78 is 42.8. The number of halogens is 4. The molecule has 1 saturated heterocycles. The molecule has 2 aliphatic rings. The molecule has 0 saturated carbocycles. The second-order valence-corrected chi connectivity index (χ2v) is 7.89. The van der Waals surface area contributed by atoms with Crippen molar-refractivity contribution in [2.75, 3.05) is 30.0 Å². The summed E-state index contributed by atoms with van der Waals surface area (Å²) in [6.45, 7) is 2.13. The molecule has 2 aromatic rings. The van der Waals surface area contributed by atoms with Gasteiger partial charge in [0.15, 0.2) is 5.82 Å². The average molecular weight is 441 g/mol. The Morgan fingerprint density at radius 3 is 2.70 bits per heavy atom. The Labute approximate surface area is 176 Å². The second-order valence-electron chi connectivity index (χ2n) is 7.51. The number of nitrogens with zero attached hydrogens (tertiary/aromatic N) is 2. The molecule has 2 N–H and O–H groups in total. The van der Waals surface area contributed by atoms with Crippen LogP contribution in [0, 0.1) is 0 Å². The van der Waals surface area contributed by atoms with Crippen LogP contribution in [-0.4, -0.2) is 36.8 Å². The molecule has 0 aliphatic carbocycles. The third kappa shape index (κ3) is 4.12. The van der Waals surface area contributed by atoms with Gasteiger partial charge in [0.05, 0.1) is 12.3 Å². The molecule has 3 heterocycles. The summed E-state index contributed by atoms with van der Waals surface area (Å²) in [5.74, 6) is -0.181. The fourth-order valence-electron chi connectivity index (χ4n) is 4.03. The van der Waals surface area contributed by atoms with Crippen molar-refractivity contribution in [3.8, 4) is 5.75 Å². The van der Waals surface area contributed by atoms with E-state index in [1.807, 2.05) is 23.6 Å². The highest BCUT2D eigenvalue weighted by atomic mass is 35.5. The fraction of sp³-hybridized carbons (Fsp3) is 0.400. The van der Waals surface area contributed by atoms with Gasteiger partial charge in [0.1, 0.15) is 17.2 Å². The predicted octanol–water partition coefficient (Wildman–Crippen LogP) is 4.06. The Morgan fingerprint density at radius 1 is 1.23 bits per heavy atom. The number of hydrogen-bond donors (Lipinski definition) is 2.